The van der Waals surface area contributed by atoms with E-state index >= 15 is 0 Å². The highest BCUT2D eigenvalue weighted by Crippen LogP contribution is 2.22. The first-order chi connectivity index (χ1) is 14.1. The van der Waals surface area contributed by atoms with Crippen LogP contribution < -0.4 is 4.74 Å². The average Bonchev–Trinajstić information content (AvgIpc) is 2.75. The highest BCUT2D eigenvalue weighted by molar-refractivity contribution is 5.90. The van der Waals surface area contributed by atoms with Gasteiger partial charge < -0.3 is 14.2 Å². The van der Waals surface area contributed by atoms with Crippen molar-refractivity contribution in [2.75, 3.05) is 13.2 Å². The molecule has 0 heterocycles. The number of unbranched alkanes of at least 4 members (excludes halogenated alkanes) is 2. The van der Waals surface area contributed by atoms with E-state index in [1.54, 1.807) is 48.5 Å². The first-order valence-corrected chi connectivity index (χ1v) is 9.10. The molecule has 148 valence electrons. The molecule has 0 aliphatic heterocycles. The Morgan fingerprint density at radius 2 is 1.07 bits per heavy atom. The molecule has 0 aliphatic carbocycles. The number of benzene rings is 2. The van der Waals surface area contributed by atoms with Crippen molar-refractivity contribution in [1.82, 2.24) is 0 Å². The Labute approximate surface area is 169 Å². The minimum Gasteiger partial charge on any atom is -0.462 e. The van der Waals surface area contributed by atoms with Gasteiger partial charge in [-0.25, -0.2) is 9.59 Å². The zero-order chi connectivity index (χ0) is 20.9. The molecule has 2 aromatic carbocycles. The molecule has 2 aromatic rings. The molecule has 0 saturated heterocycles. The summed E-state index contributed by atoms with van der Waals surface area (Å²) in [5.41, 5.74) is 0.785. The van der Waals surface area contributed by atoms with Crippen LogP contribution in [0.25, 0.3) is 0 Å². The fraction of sp³-hybridized carbons (Fsp3) is 0.273. The molecule has 0 saturated carbocycles. The van der Waals surface area contributed by atoms with Crippen LogP contribution in [0.3, 0.4) is 0 Å². The number of carbonyl (C=O) groups is 2. The summed E-state index contributed by atoms with van der Waals surface area (Å²) in [7, 11) is 0. The Morgan fingerprint density at radius 3 is 1.41 bits per heavy atom. The van der Waals surface area contributed by atoms with Gasteiger partial charge >= 0.3 is 11.9 Å². The molecule has 0 amide bonds. The van der Waals surface area contributed by atoms with Gasteiger partial charge in [-0.2, -0.15) is 10.5 Å². The smallest absolute Gasteiger partial charge is 0.338 e. The number of ether oxygens (including phenoxy) is 3. The highest BCUT2D eigenvalue weighted by atomic mass is 16.5. The summed E-state index contributed by atoms with van der Waals surface area (Å²) in [5, 5.41) is 16.9. The van der Waals surface area contributed by atoms with Crippen LogP contribution >= 0.6 is 0 Å². The lowest BCUT2D eigenvalue weighted by atomic mass is 10.2. The topological polar surface area (TPSA) is 109 Å². The Kier molecular flexibility index (Phi) is 8.72. The number of esters is 2. The second-order valence-electron chi connectivity index (χ2n) is 5.95. The van der Waals surface area contributed by atoms with Gasteiger partial charge in [0.15, 0.2) is 0 Å². The lowest BCUT2D eigenvalue weighted by molar-refractivity contribution is 0.0492. The largest absolute Gasteiger partial charge is 0.462 e. The number of hydrogen-bond donors (Lipinski definition) is 0. The van der Waals surface area contributed by atoms with Crippen LogP contribution in [-0.4, -0.2) is 25.2 Å². The first-order valence-electron chi connectivity index (χ1n) is 9.10. The van der Waals surface area contributed by atoms with Crippen LogP contribution in [0, 0.1) is 22.7 Å². The molecule has 2 rings (SSSR count). The van der Waals surface area contributed by atoms with Crippen LogP contribution in [0.2, 0.25) is 0 Å². The number of rotatable bonds is 10. The molecule has 0 aromatic heterocycles. The normalized spacial score (nSPS) is 9.72. The van der Waals surface area contributed by atoms with Crippen molar-refractivity contribution in [1.29, 1.82) is 10.5 Å². The highest BCUT2D eigenvalue weighted by Gasteiger charge is 2.09. The van der Waals surface area contributed by atoms with Crippen LogP contribution in [0.4, 0.5) is 0 Å². The molecule has 7 nitrogen and oxygen atoms in total. The minimum atomic E-state index is -0.452. The van der Waals surface area contributed by atoms with Gasteiger partial charge in [-0.3, -0.25) is 0 Å². The van der Waals surface area contributed by atoms with Gasteiger partial charge in [0.25, 0.3) is 0 Å². The molecule has 0 N–H and O–H groups in total. The van der Waals surface area contributed by atoms with E-state index in [-0.39, 0.29) is 13.2 Å². The maximum Gasteiger partial charge on any atom is 0.338 e. The van der Waals surface area contributed by atoms with Crippen LogP contribution in [-0.2, 0) is 9.47 Å². The van der Waals surface area contributed by atoms with Crippen LogP contribution in [0.1, 0.15) is 46.4 Å². The van der Waals surface area contributed by atoms with Gasteiger partial charge in [0, 0.05) is 12.8 Å². The SMILES string of the molecule is N#CCCCOC(=O)c1ccc(Oc2ccc(C(=O)OCCCC#N)cc2)cc1. The molecule has 0 atom stereocenters. The van der Waals surface area contributed by atoms with Crippen molar-refractivity contribution in [3.8, 4) is 23.6 Å². The minimum absolute atomic E-state index is 0.206. The molecule has 0 spiro atoms. The van der Waals surface area contributed by atoms with Crippen molar-refractivity contribution < 1.29 is 23.8 Å². The number of nitrogens with zero attached hydrogens (tertiary/aromatic N) is 2. The summed E-state index contributed by atoms with van der Waals surface area (Å²) in [6.45, 7) is 0.412. The summed E-state index contributed by atoms with van der Waals surface area (Å²) in [4.78, 5) is 23.8. The van der Waals surface area contributed by atoms with Crippen molar-refractivity contribution in [3.63, 3.8) is 0 Å². The zero-order valence-corrected chi connectivity index (χ0v) is 15.8. The van der Waals surface area contributed by atoms with Crippen molar-refractivity contribution in [3.05, 3.63) is 59.7 Å². The van der Waals surface area contributed by atoms with Gasteiger partial charge in [-0.1, -0.05) is 0 Å². The molecule has 0 bridgehead atoms. The van der Waals surface area contributed by atoms with E-state index in [2.05, 4.69) is 0 Å². The molecule has 0 aliphatic rings. The summed E-state index contributed by atoms with van der Waals surface area (Å²) < 4.78 is 15.8. The average molecular weight is 392 g/mol. The van der Waals surface area contributed by atoms with Crippen molar-refractivity contribution in [2.45, 2.75) is 25.7 Å². The molecule has 0 fully saturated rings. The predicted molar refractivity (Wildman–Crippen MR) is 103 cm³/mol. The van der Waals surface area contributed by atoms with E-state index in [1.807, 2.05) is 12.1 Å². The predicted octanol–water partition coefficient (Wildman–Crippen LogP) is 4.40. The number of carbonyl (C=O) groups excluding carboxylic acids is 2. The standard InChI is InChI=1S/C22H20N2O5/c23-13-1-3-15-27-21(25)17-5-9-19(10-6-17)29-20-11-7-18(8-12-20)22(26)28-16-4-2-14-24/h5-12H,1-4,15-16H2. The Morgan fingerprint density at radius 1 is 0.690 bits per heavy atom. The molecule has 7 heteroatoms. The van der Waals surface area contributed by atoms with E-state index in [1.165, 1.54) is 0 Å². The third kappa shape index (κ3) is 7.36. The summed E-state index contributed by atoms with van der Waals surface area (Å²) in [6.07, 6.45) is 1.70. The molecular weight excluding hydrogens is 372 g/mol. The monoisotopic (exact) mass is 392 g/mol. The Hall–Kier alpha value is -3.84. The van der Waals surface area contributed by atoms with E-state index < -0.39 is 11.9 Å². The fourth-order valence-electron chi connectivity index (χ4n) is 2.25. The lowest BCUT2D eigenvalue weighted by Crippen LogP contribution is -2.06. The van der Waals surface area contributed by atoms with Gasteiger partial charge in [0.2, 0.25) is 0 Å². The molecule has 0 unspecified atom stereocenters. The van der Waals surface area contributed by atoms with E-state index in [0.717, 1.165) is 0 Å². The van der Waals surface area contributed by atoms with Crippen LogP contribution in [0.5, 0.6) is 11.5 Å². The van der Waals surface area contributed by atoms with Gasteiger partial charge in [0.05, 0.1) is 36.5 Å². The van der Waals surface area contributed by atoms with Crippen LogP contribution in [0.15, 0.2) is 48.5 Å². The van der Waals surface area contributed by atoms with Gasteiger partial charge in [-0.15, -0.1) is 0 Å². The molecule has 0 radical (unpaired) electrons. The summed E-state index contributed by atoms with van der Waals surface area (Å²) in [6, 6.07) is 16.9. The van der Waals surface area contributed by atoms with E-state index in [0.29, 0.717) is 48.3 Å². The second kappa shape index (κ2) is 11.8. The van der Waals surface area contributed by atoms with Gasteiger partial charge in [0.1, 0.15) is 11.5 Å². The molecular formula is C22H20N2O5. The quantitative estimate of drug-likeness (QED) is 0.435. The first kappa shape index (κ1) is 21.5. The van der Waals surface area contributed by atoms with Crippen molar-refractivity contribution >= 4 is 11.9 Å². The summed E-state index contributed by atoms with van der Waals surface area (Å²) in [5.74, 6) is 0.148. The third-order valence-corrected chi connectivity index (χ3v) is 3.75. The maximum absolute atomic E-state index is 11.9. The Bertz CT molecular complexity index is 817. The van der Waals surface area contributed by atoms with E-state index in [9.17, 15) is 9.59 Å². The third-order valence-electron chi connectivity index (χ3n) is 3.75. The zero-order valence-electron chi connectivity index (χ0n) is 15.8. The van der Waals surface area contributed by atoms with E-state index in [4.69, 9.17) is 24.7 Å². The maximum atomic E-state index is 11.9. The number of nitriles is 2. The lowest BCUT2D eigenvalue weighted by Gasteiger charge is -2.08. The second-order valence-corrected chi connectivity index (χ2v) is 5.95. The van der Waals surface area contributed by atoms with Crippen molar-refractivity contribution in [2.24, 2.45) is 0 Å². The fourth-order valence-corrected chi connectivity index (χ4v) is 2.25. The summed E-state index contributed by atoms with van der Waals surface area (Å²) >= 11 is 0. The molecule has 29 heavy (non-hydrogen) atoms. The van der Waals surface area contributed by atoms with Gasteiger partial charge in [-0.05, 0) is 61.4 Å². The Balaban J connectivity index is 1.85. The number of hydrogen-bond acceptors (Lipinski definition) is 7.